The summed E-state index contributed by atoms with van der Waals surface area (Å²) in [6, 6.07) is -1.25. The number of nitrogens with one attached hydrogen (secondary N) is 1. The summed E-state index contributed by atoms with van der Waals surface area (Å²) in [6.45, 7) is 0.0581. The first kappa shape index (κ1) is 13.4. The number of amides is 2. The van der Waals surface area contributed by atoms with Crippen molar-refractivity contribution >= 4 is 17.8 Å². The van der Waals surface area contributed by atoms with Gasteiger partial charge in [0.15, 0.2) is 0 Å². The van der Waals surface area contributed by atoms with Gasteiger partial charge >= 0.3 is 5.97 Å². The Hall–Kier alpha value is -1.63. The normalized spacial score (nSPS) is 12.2. The quantitative estimate of drug-likeness (QED) is 0.476. The Morgan fingerprint density at radius 1 is 1.40 bits per heavy atom. The zero-order valence-corrected chi connectivity index (χ0v) is 8.69. The summed E-state index contributed by atoms with van der Waals surface area (Å²) in [4.78, 5) is 33.9. The summed E-state index contributed by atoms with van der Waals surface area (Å²) in [6.07, 6.45) is -0.408. The molecule has 0 bridgehead atoms. The molecular weight excluding hydrogens is 202 g/mol. The molecule has 0 rings (SSSR count). The zero-order valence-electron chi connectivity index (χ0n) is 8.69. The molecule has 0 saturated heterocycles. The van der Waals surface area contributed by atoms with E-state index in [0.29, 0.717) is 0 Å². The van der Waals surface area contributed by atoms with E-state index in [4.69, 9.17) is 10.8 Å². The zero-order chi connectivity index (χ0) is 12.0. The molecule has 0 aliphatic carbocycles. The second kappa shape index (κ2) is 5.97. The minimum absolute atomic E-state index is 0.0581. The molecule has 7 heteroatoms. The Bertz CT molecular complexity index is 265. The molecule has 0 unspecified atom stereocenters. The lowest BCUT2D eigenvalue weighted by Gasteiger charge is -2.14. The number of primary amides is 1. The van der Waals surface area contributed by atoms with Crippen LogP contribution in [0.2, 0.25) is 0 Å². The topological polar surface area (TPSA) is 113 Å². The molecule has 0 aromatic heterocycles. The van der Waals surface area contributed by atoms with Crippen molar-refractivity contribution in [3.63, 3.8) is 0 Å². The molecule has 0 aromatic rings. The number of carbonyl (C=O) groups excluding carboxylic acids is 2. The minimum Gasteiger partial charge on any atom is -0.480 e. The van der Waals surface area contributed by atoms with Crippen LogP contribution in [0.3, 0.4) is 0 Å². The fourth-order valence-corrected chi connectivity index (χ4v) is 0.928. The molecule has 0 aliphatic rings. The Labute approximate surface area is 87.2 Å². The van der Waals surface area contributed by atoms with Crippen LogP contribution in [0.25, 0.3) is 0 Å². The van der Waals surface area contributed by atoms with Gasteiger partial charge in [-0.3, -0.25) is 9.59 Å². The van der Waals surface area contributed by atoms with E-state index in [2.05, 4.69) is 5.32 Å². The summed E-state index contributed by atoms with van der Waals surface area (Å²) < 4.78 is 0. The number of nitrogens with two attached hydrogens (primary N) is 1. The first-order chi connectivity index (χ1) is 6.82. The van der Waals surface area contributed by atoms with E-state index in [1.165, 1.54) is 0 Å². The van der Waals surface area contributed by atoms with E-state index < -0.39 is 30.2 Å². The highest BCUT2D eigenvalue weighted by Crippen LogP contribution is 1.91. The van der Waals surface area contributed by atoms with E-state index in [0.717, 1.165) is 0 Å². The Balaban J connectivity index is 4.22. The summed E-state index contributed by atoms with van der Waals surface area (Å²) in [5.74, 6) is -2.51. The van der Waals surface area contributed by atoms with E-state index in [9.17, 15) is 14.4 Å². The van der Waals surface area contributed by atoms with Gasteiger partial charge in [0.25, 0.3) is 0 Å². The third-order valence-electron chi connectivity index (χ3n) is 1.50. The predicted molar refractivity (Wildman–Crippen MR) is 51.9 cm³/mol. The highest BCUT2D eigenvalue weighted by atomic mass is 16.4. The molecular formula is C8H15N3O4. The lowest BCUT2D eigenvalue weighted by atomic mass is 10.2. The van der Waals surface area contributed by atoms with Crippen molar-refractivity contribution in [3.8, 4) is 0 Å². The number of aliphatic carboxylic acids is 1. The number of carboxylic acids is 1. The maximum absolute atomic E-state index is 11.2. The second-order valence-corrected chi connectivity index (χ2v) is 3.37. The minimum atomic E-state index is -1.28. The molecule has 1 atom stereocenters. The first-order valence-corrected chi connectivity index (χ1v) is 4.28. The van der Waals surface area contributed by atoms with Crippen LogP contribution in [0, 0.1) is 0 Å². The molecule has 7 nitrogen and oxygen atoms in total. The lowest BCUT2D eigenvalue weighted by Crippen LogP contribution is -2.46. The van der Waals surface area contributed by atoms with Crippen LogP contribution >= 0.6 is 0 Å². The number of hydrogen-bond donors (Lipinski definition) is 3. The van der Waals surface area contributed by atoms with Crippen molar-refractivity contribution in [3.05, 3.63) is 0 Å². The van der Waals surface area contributed by atoms with E-state index >= 15 is 0 Å². The Kier molecular flexibility index (Phi) is 5.32. The van der Waals surface area contributed by atoms with Crippen LogP contribution in [-0.2, 0) is 14.4 Å². The fraction of sp³-hybridized carbons (Fsp3) is 0.625. The SMILES string of the molecule is CN(C)CC(=O)N[C@H](CC(N)=O)C(=O)O. The Morgan fingerprint density at radius 2 is 1.93 bits per heavy atom. The first-order valence-electron chi connectivity index (χ1n) is 4.28. The summed E-state index contributed by atoms with van der Waals surface area (Å²) >= 11 is 0. The third kappa shape index (κ3) is 6.44. The maximum Gasteiger partial charge on any atom is 0.326 e. The molecule has 0 radical (unpaired) electrons. The summed E-state index contributed by atoms with van der Waals surface area (Å²) in [5, 5.41) is 10.9. The average Bonchev–Trinajstić information content (AvgIpc) is 1.99. The highest BCUT2D eigenvalue weighted by molar-refractivity contribution is 5.88. The van der Waals surface area contributed by atoms with Crippen LogP contribution in [0.1, 0.15) is 6.42 Å². The maximum atomic E-state index is 11.2. The largest absolute Gasteiger partial charge is 0.480 e. The second-order valence-electron chi connectivity index (χ2n) is 3.37. The smallest absolute Gasteiger partial charge is 0.326 e. The molecule has 0 aliphatic heterocycles. The summed E-state index contributed by atoms with van der Waals surface area (Å²) in [7, 11) is 3.34. The number of hydrogen-bond acceptors (Lipinski definition) is 4. The molecule has 0 heterocycles. The van der Waals surface area contributed by atoms with Gasteiger partial charge in [-0.25, -0.2) is 4.79 Å². The van der Waals surface area contributed by atoms with Gasteiger partial charge in [0.1, 0.15) is 6.04 Å². The number of nitrogens with zero attached hydrogens (tertiary/aromatic N) is 1. The van der Waals surface area contributed by atoms with E-state index in [-0.39, 0.29) is 6.54 Å². The Morgan fingerprint density at radius 3 is 2.27 bits per heavy atom. The predicted octanol–water partition coefficient (Wildman–Crippen LogP) is -2.01. The standard InChI is InChI=1S/C8H15N3O4/c1-11(2)4-7(13)10-5(8(14)15)3-6(9)12/h5H,3-4H2,1-2H3,(H2,9,12)(H,10,13)(H,14,15)/t5-/m1/s1. The van der Waals surface area contributed by atoms with Gasteiger partial charge in [-0.15, -0.1) is 0 Å². The average molecular weight is 217 g/mol. The van der Waals surface area contributed by atoms with Crippen molar-refractivity contribution in [1.82, 2.24) is 10.2 Å². The van der Waals surface area contributed by atoms with Crippen LogP contribution in [0.4, 0.5) is 0 Å². The number of carbonyl (C=O) groups is 3. The van der Waals surface area contributed by atoms with Gasteiger partial charge in [0.2, 0.25) is 11.8 Å². The van der Waals surface area contributed by atoms with Gasteiger partial charge in [-0.2, -0.15) is 0 Å². The van der Waals surface area contributed by atoms with Crippen molar-refractivity contribution in [2.75, 3.05) is 20.6 Å². The number of carboxylic acid groups (broad SMARTS) is 1. The van der Waals surface area contributed by atoms with Crippen LogP contribution in [0.15, 0.2) is 0 Å². The van der Waals surface area contributed by atoms with Crippen molar-refractivity contribution < 1.29 is 19.5 Å². The molecule has 86 valence electrons. The van der Waals surface area contributed by atoms with E-state index in [1.54, 1.807) is 19.0 Å². The molecule has 0 aromatic carbocycles. The fourth-order valence-electron chi connectivity index (χ4n) is 0.928. The monoisotopic (exact) mass is 217 g/mol. The van der Waals surface area contributed by atoms with Gasteiger partial charge in [-0.1, -0.05) is 0 Å². The number of likely N-dealkylation sites (N-methyl/N-ethyl adjacent to an activating group) is 1. The van der Waals surface area contributed by atoms with Gasteiger partial charge in [0.05, 0.1) is 13.0 Å². The van der Waals surface area contributed by atoms with Gasteiger partial charge in [0, 0.05) is 0 Å². The molecule has 0 fully saturated rings. The van der Waals surface area contributed by atoms with Gasteiger partial charge < -0.3 is 21.1 Å². The van der Waals surface area contributed by atoms with Crippen molar-refractivity contribution in [2.45, 2.75) is 12.5 Å². The highest BCUT2D eigenvalue weighted by Gasteiger charge is 2.21. The van der Waals surface area contributed by atoms with E-state index in [1.807, 2.05) is 0 Å². The molecule has 2 amide bonds. The summed E-state index contributed by atoms with van der Waals surface area (Å²) in [5.41, 5.74) is 4.84. The van der Waals surface area contributed by atoms with Gasteiger partial charge in [-0.05, 0) is 14.1 Å². The van der Waals surface area contributed by atoms with Crippen molar-refractivity contribution in [2.24, 2.45) is 5.73 Å². The molecule has 15 heavy (non-hydrogen) atoms. The molecule has 4 N–H and O–H groups in total. The molecule has 0 spiro atoms. The van der Waals surface area contributed by atoms with Crippen LogP contribution in [0.5, 0.6) is 0 Å². The third-order valence-corrected chi connectivity index (χ3v) is 1.50. The van der Waals surface area contributed by atoms with Crippen LogP contribution in [-0.4, -0.2) is 54.5 Å². The van der Waals surface area contributed by atoms with Crippen molar-refractivity contribution in [1.29, 1.82) is 0 Å². The lowest BCUT2D eigenvalue weighted by molar-refractivity contribution is -0.143. The molecule has 0 saturated carbocycles. The van der Waals surface area contributed by atoms with Crippen LogP contribution < -0.4 is 11.1 Å². The number of rotatable bonds is 6.